The summed E-state index contributed by atoms with van der Waals surface area (Å²) in [5.74, 6) is -1.65. The molecule has 0 aliphatic carbocycles. The highest BCUT2D eigenvalue weighted by Crippen LogP contribution is 2.18. The lowest BCUT2D eigenvalue weighted by Crippen LogP contribution is -2.35. The van der Waals surface area contributed by atoms with E-state index in [1.807, 2.05) is 30.3 Å². The summed E-state index contributed by atoms with van der Waals surface area (Å²) in [7, 11) is 0. The van der Waals surface area contributed by atoms with Crippen LogP contribution in [0.4, 0.5) is 4.39 Å². The quantitative estimate of drug-likeness (QED) is 0.628. The largest absolute Gasteiger partial charge is 0.466 e. The molecule has 3 aromatic rings. The molecule has 1 atom stereocenters. The fraction of sp³-hybridized carbons (Fsp3) is 0.238. The molecule has 140 valence electrons. The Bertz CT molecular complexity index is 937. The Morgan fingerprint density at radius 1 is 1.15 bits per heavy atom. The number of hydrogen-bond donors (Lipinski definition) is 2. The van der Waals surface area contributed by atoms with Gasteiger partial charge in [-0.05, 0) is 37.1 Å². The van der Waals surface area contributed by atoms with Crippen LogP contribution in [-0.4, -0.2) is 30.0 Å². The van der Waals surface area contributed by atoms with Gasteiger partial charge in [-0.2, -0.15) is 0 Å². The first-order valence-electron chi connectivity index (χ1n) is 8.84. The van der Waals surface area contributed by atoms with Crippen molar-refractivity contribution in [1.29, 1.82) is 0 Å². The first-order valence-corrected chi connectivity index (χ1v) is 8.84. The number of halogens is 1. The summed E-state index contributed by atoms with van der Waals surface area (Å²) in [4.78, 5) is 27.6. The third-order valence-corrected chi connectivity index (χ3v) is 4.31. The van der Waals surface area contributed by atoms with Crippen LogP contribution in [0.1, 0.15) is 23.0 Å². The average Bonchev–Trinajstić information content (AvgIpc) is 3.12. The number of rotatable bonds is 7. The fourth-order valence-electron chi connectivity index (χ4n) is 2.95. The SMILES string of the molecule is CCOC(=O)C(CNC(=O)c1cc2c(F)cccc2[nH]1)Cc1ccccc1. The van der Waals surface area contributed by atoms with Gasteiger partial charge in [0, 0.05) is 17.4 Å². The van der Waals surface area contributed by atoms with E-state index in [4.69, 9.17) is 4.74 Å². The van der Waals surface area contributed by atoms with Gasteiger partial charge in [0.15, 0.2) is 0 Å². The lowest BCUT2D eigenvalue weighted by molar-refractivity contribution is -0.147. The number of ether oxygens (including phenoxy) is 1. The Kier molecular flexibility index (Phi) is 5.86. The molecule has 1 aromatic heterocycles. The molecular formula is C21H21FN2O3. The van der Waals surface area contributed by atoms with E-state index in [2.05, 4.69) is 10.3 Å². The summed E-state index contributed by atoms with van der Waals surface area (Å²) in [6, 6.07) is 15.6. The van der Waals surface area contributed by atoms with Crippen molar-refractivity contribution >= 4 is 22.8 Å². The van der Waals surface area contributed by atoms with Crippen LogP contribution in [0.3, 0.4) is 0 Å². The van der Waals surface area contributed by atoms with Gasteiger partial charge >= 0.3 is 5.97 Å². The van der Waals surface area contributed by atoms with Crippen LogP contribution in [0.15, 0.2) is 54.6 Å². The average molecular weight is 368 g/mol. The minimum absolute atomic E-state index is 0.129. The topological polar surface area (TPSA) is 71.2 Å². The van der Waals surface area contributed by atoms with E-state index in [-0.39, 0.29) is 24.8 Å². The lowest BCUT2D eigenvalue weighted by Gasteiger charge is -2.16. The summed E-state index contributed by atoms with van der Waals surface area (Å²) in [5, 5.41) is 3.10. The second kappa shape index (κ2) is 8.49. The van der Waals surface area contributed by atoms with Crippen molar-refractivity contribution < 1.29 is 18.7 Å². The third-order valence-electron chi connectivity index (χ3n) is 4.31. The van der Waals surface area contributed by atoms with E-state index in [1.165, 1.54) is 12.1 Å². The zero-order valence-electron chi connectivity index (χ0n) is 15.0. The number of benzene rings is 2. The van der Waals surface area contributed by atoms with Crippen LogP contribution >= 0.6 is 0 Å². The second-order valence-electron chi connectivity index (χ2n) is 6.23. The van der Waals surface area contributed by atoms with Gasteiger partial charge in [0.25, 0.3) is 5.91 Å². The van der Waals surface area contributed by atoms with Gasteiger partial charge in [0.2, 0.25) is 0 Å². The highest BCUT2D eigenvalue weighted by Gasteiger charge is 2.22. The number of amides is 1. The van der Waals surface area contributed by atoms with Crippen molar-refractivity contribution in [2.24, 2.45) is 5.92 Å². The van der Waals surface area contributed by atoms with Gasteiger partial charge in [0.1, 0.15) is 11.5 Å². The summed E-state index contributed by atoms with van der Waals surface area (Å²) in [6.45, 7) is 2.15. The van der Waals surface area contributed by atoms with Crippen LogP contribution < -0.4 is 5.32 Å². The Balaban J connectivity index is 1.70. The highest BCUT2D eigenvalue weighted by atomic mass is 19.1. The highest BCUT2D eigenvalue weighted by molar-refractivity contribution is 5.98. The predicted molar refractivity (Wildman–Crippen MR) is 101 cm³/mol. The Hall–Kier alpha value is -3.15. The minimum atomic E-state index is -0.502. The van der Waals surface area contributed by atoms with Gasteiger partial charge in [-0.3, -0.25) is 9.59 Å². The second-order valence-corrected chi connectivity index (χ2v) is 6.23. The smallest absolute Gasteiger partial charge is 0.311 e. The van der Waals surface area contributed by atoms with Crippen LogP contribution in [-0.2, 0) is 16.0 Å². The molecule has 0 aliphatic rings. The van der Waals surface area contributed by atoms with Crippen LogP contribution in [0.25, 0.3) is 10.9 Å². The summed E-state index contributed by atoms with van der Waals surface area (Å²) >= 11 is 0. The first kappa shape index (κ1) is 18.6. The molecule has 0 aliphatic heterocycles. The van der Waals surface area contributed by atoms with Crippen molar-refractivity contribution in [1.82, 2.24) is 10.3 Å². The lowest BCUT2D eigenvalue weighted by atomic mass is 9.99. The molecule has 1 heterocycles. The third kappa shape index (κ3) is 4.53. The molecule has 0 saturated carbocycles. The van der Waals surface area contributed by atoms with E-state index in [9.17, 15) is 14.0 Å². The van der Waals surface area contributed by atoms with Crippen molar-refractivity contribution in [3.05, 3.63) is 71.7 Å². The van der Waals surface area contributed by atoms with E-state index in [1.54, 1.807) is 19.1 Å². The van der Waals surface area contributed by atoms with Gasteiger partial charge in [0.05, 0.1) is 12.5 Å². The zero-order valence-corrected chi connectivity index (χ0v) is 15.0. The minimum Gasteiger partial charge on any atom is -0.466 e. The van der Waals surface area contributed by atoms with E-state index < -0.39 is 17.6 Å². The maximum Gasteiger partial charge on any atom is 0.311 e. The Morgan fingerprint density at radius 2 is 1.93 bits per heavy atom. The summed E-state index contributed by atoms with van der Waals surface area (Å²) in [6.07, 6.45) is 0.460. The normalized spacial score (nSPS) is 11.9. The van der Waals surface area contributed by atoms with Crippen molar-refractivity contribution in [3.8, 4) is 0 Å². The van der Waals surface area contributed by atoms with Gasteiger partial charge in [-0.15, -0.1) is 0 Å². The summed E-state index contributed by atoms with van der Waals surface area (Å²) in [5.41, 5.74) is 1.78. The molecule has 6 heteroatoms. The maximum absolute atomic E-state index is 13.8. The number of nitrogens with one attached hydrogen (secondary N) is 2. The number of H-pyrrole nitrogens is 1. The first-order chi connectivity index (χ1) is 13.1. The summed E-state index contributed by atoms with van der Waals surface area (Å²) < 4.78 is 18.9. The molecule has 3 rings (SSSR count). The van der Waals surface area contributed by atoms with Crippen LogP contribution in [0.5, 0.6) is 0 Å². The number of carbonyl (C=O) groups is 2. The van der Waals surface area contributed by atoms with Crippen LogP contribution in [0, 0.1) is 11.7 Å². The van der Waals surface area contributed by atoms with E-state index >= 15 is 0 Å². The molecule has 27 heavy (non-hydrogen) atoms. The number of fused-ring (bicyclic) bond motifs is 1. The number of carbonyl (C=O) groups excluding carboxylic acids is 2. The number of aromatic amines is 1. The van der Waals surface area contributed by atoms with E-state index in [0.29, 0.717) is 17.3 Å². The molecule has 0 spiro atoms. The van der Waals surface area contributed by atoms with Crippen molar-refractivity contribution in [2.75, 3.05) is 13.2 Å². The maximum atomic E-state index is 13.8. The number of hydrogen-bond acceptors (Lipinski definition) is 3. The Morgan fingerprint density at radius 3 is 2.63 bits per heavy atom. The van der Waals surface area contributed by atoms with Gasteiger partial charge < -0.3 is 15.0 Å². The monoisotopic (exact) mass is 368 g/mol. The molecule has 1 amide bonds. The molecule has 2 N–H and O–H groups in total. The van der Waals surface area contributed by atoms with Crippen LogP contribution in [0.2, 0.25) is 0 Å². The Labute approximate surface area is 156 Å². The van der Waals surface area contributed by atoms with Gasteiger partial charge in [-0.1, -0.05) is 36.4 Å². The van der Waals surface area contributed by atoms with Crippen molar-refractivity contribution in [3.63, 3.8) is 0 Å². The van der Waals surface area contributed by atoms with Gasteiger partial charge in [-0.25, -0.2) is 4.39 Å². The molecule has 5 nitrogen and oxygen atoms in total. The number of esters is 1. The van der Waals surface area contributed by atoms with E-state index in [0.717, 1.165) is 5.56 Å². The number of aromatic nitrogens is 1. The molecule has 0 bridgehead atoms. The molecular weight excluding hydrogens is 347 g/mol. The zero-order chi connectivity index (χ0) is 19.2. The predicted octanol–water partition coefficient (Wildman–Crippen LogP) is 3.46. The fourth-order valence-corrected chi connectivity index (χ4v) is 2.95. The molecule has 0 saturated heterocycles. The van der Waals surface area contributed by atoms with Crippen molar-refractivity contribution in [2.45, 2.75) is 13.3 Å². The molecule has 0 radical (unpaired) electrons. The molecule has 1 unspecified atom stereocenters. The standard InChI is InChI=1S/C21H21FN2O3/c1-2-27-21(26)15(11-14-7-4-3-5-8-14)13-23-20(25)19-12-16-17(22)9-6-10-18(16)24-19/h3-10,12,15,24H,2,11,13H2,1H3,(H,23,25). The molecule has 0 fully saturated rings. The molecule has 2 aromatic carbocycles.